The third kappa shape index (κ3) is 3.47. The van der Waals surface area contributed by atoms with Crippen LogP contribution in [0.3, 0.4) is 0 Å². The van der Waals surface area contributed by atoms with Crippen molar-refractivity contribution < 1.29 is 29.1 Å². The molecule has 0 saturated heterocycles. The van der Waals surface area contributed by atoms with E-state index in [2.05, 4.69) is 19.8 Å². The van der Waals surface area contributed by atoms with Crippen molar-refractivity contribution in [2.24, 2.45) is 0 Å². The number of nitrogens with one attached hydrogen (secondary N) is 1. The molecule has 18 heavy (non-hydrogen) atoms. The molecule has 0 atom stereocenters. The fraction of sp³-hybridized carbons (Fsp3) is 0.800. The van der Waals surface area contributed by atoms with Crippen LogP contribution in [0, 0.1) is 0 Å². The summed E-state index contributed by atoms with van der Waals surface area (Å²) in [5.74, 6) is 0. The highest BCUT2D eigenvalue weighted by Gasteiger charge is 2.46. The first kappa shape index (κ1) is 16.5. The van der Waals surface area contributed by atoms with Crippen molar-refractivity contribution in [2.45, 2.75) is 38.8 Å². The third-order valence-electron chi connectivity index (χ3n) is 2.96. The van der Waals surface area contributed by atoms with E-state index < -0.39 is 23.3 Å². The summed E-state index contributed by atoms with van der Waals surface area (Å²) >= 11 is 0. The van der Waals surface area contributed by atoms with Gasteiger partial charge in [0.25, 0.3) is 0 Å². The highest BCUT2D eigenvalue weighted by Crippen LogP contribution is 2.27. The highest BCUT2D eigenvalue weighted by molar-refractivity contribution is 5.67. The molecular formula is C10H20N2O6. The number of nitrogens with zero attached hydrogens (tertiary/aromatic N) is 1. The maximum absolute atomic E-state index is 11.3. The van der Waals surface area contributed by atoms with Gasteiger partial charge in [0.15, 0.2) is 0 Å². The number of ether oxygens (including phenoxy) is 2. The number of carbonyl (C=O) groups excluding carboxylic acids is 2. The van der Waals surface area contributed by atoms with Gasteiger partial charge in [0.1, 0.15) is 0 Å². The van der Waals surface area contributed by atoms with Crippen molar-refractivity contribution >= 4 is 12.2 Å². The summed E-state index contributed by atoms with van der Waals surface area (Å²) in [6, 6.07) is 0. The van der Waals surface area contributed by atoms with E-state index in [0.29, 0.717) is 5.06 Å². The lowest BCUT2D eigenvalue weighted by atomic mass is 9.83. The molecule has 8 heteroatoms. The van der Waals surface area contributed by atoms with Gasteiger partial charge in [0.05, 0.1) is 25.3 Å². The second-order valence-electron chi connectivity index (χ2n) is 4.62. The molecule has 106 valence electrons. The molecule has 0 heterocycles. The quantitative estimate of drug-likeness (QED) is 0.448. The lowest BCUT2D eigenvalue weighted by molar-refractivity contribution is -0.173. The van der Waals surface area contributed by atoms with E-state index in [-0.39, 0.29) is 0 Å². The zero-order valence-electron chi connectivity index (χ0n) is 11.4. The molecular weight excluding hydrogens is 244 g/mol. The average Bonchev–Trinajstić information content (AvgIpc) is 2.33. The average molecular weight is 264 g/mol. The van der Waals surface area contributed by atoms with Crippen LogP contribution >= 0.6 is 0 Å². The van der Waals surface area contributed by atoms with Gasteiger partial charge in [-0.15, -0.1) is 5.48 Å². The Morgan fingerprint density at radius 2 is 1.61 bits per heavy atom. The molecule has 8 nitrogen and oxygen atoms in total. The largest absolute Gasteiger partial charge is 0.527 e. The fourth-order valence-corrected chi connectivity index (χ4v) is 0.915. The summed E-state index contributed by atoms with van der Waals surface area (Å²) in [7, 11) is 2.31. The predicted molar refractivity (Wildman–Crippen MR) is 60.8 cm³/mol. The van der Waals surface area contributed by atoms with E-state index in [1.807, 2.05) is 0 Å². The van der Waals surface area contributed by atoms with Crippen LogP contribution in [0.4, 0.5) is 9.59 Å². The minimum Gasteiger partial charge on any atom is -0.451 e. The van der Waals surface area contributed by atoms with E-state index in [4.69, 9.17) is 0 Å². The molecule has 0 aromatic carbocycles. The van der Waals surface area contributed by atoms with E-state index in [1.165, 1.54) is 0 Å². The summed E-state index contributed by atoms with van der Waals surface area (Å²) in [6.07, 6.45) is -1.85. The van der Waals surface area contributed by atoms with Gasteiger partial charge in [-0.05, 0) is 27.7 Å². The summed E-state index contributed by atoms with van der Waals surface area (Å²) < 4.78 is 8.71. The van der Waals surface area contributed by atoms with Crippen molar-refractivity contribution in [1.82, 2.24) is 10.5 Å². The third-order valence-corrected chi connectivity index (χ3v) is 2.96. The topological polar surface area (TPSA) is 97.3 Å². The van der Waals surface area contributed by atoms with Crippen LogP contribution in [-0.2, 0) is 14.3 Å². The van der Waals surface area contributed by atoms with Crippen LogP contribution in [-0.4, -0.2) is 47.8 Å². The van der Waals surface area contributed by atoms with Gasteiger partial charge in [-0.25, -0.2) is 9.59 Å². The molecule has 0 aromatic heterocycles. The highest BCUT2D eigenvalue weighted by atomic mass is 16.8. The van der Waals surface area contributed by atoms with Gasteiger partial charge >= 0.3 is 12.2 Å². The van der Waals surface area contributed by atoms with Crippen molar-refractivity contribution in [3.05, 3.63) is 0 Å². The zero-order valence-corrected chi connectivity index (χ0v) is 11.4. The van der Waals surface area contributed by atoms with Crippen LogP contribution < -0.4 is 5.48 Å². The van der Waals surface area contributed by atoms with Crippen molar-refractivity contribution in [1.29, 1.82) is 0 Å². The SMILES string of the molecule is COC(=O)ONC(C)(C)C(C)(C)N(O)C(=O)OC. The monoisotopic (exact) mass is 264 g/mol. The van der Waals surface area contributed by atoms with Crippen molar-refractivity contribution in [3.8, 4) is 0 Å². The molecule has 0 bridgehead atoms. The standard InChI is InChI=1S/C10H20N2O6/c1-9(2,11-18-8(14)17-6)10(3,4)12(15)7(13)16-5/h11,15H,1-6H3. The Kier molecular flexibility index (Phi) is 5.37. The van der Waals surface area contributed by atoms with E-state index >= 15 is 0 Å². The Morgan fingerprint density at radius 3 is 2.00 bits per heavy atom. The predicted octanol–water partition coefficient (Wildman–Crippen LogP) is 1.29. The van der Waals surface area contributed by atoms with Crippen LogP contribution in [0.15, 0.2) is 0 Å². The molecule has 0 saturated carbocycles. The van der Waals surface area contributed by atoms with Gasteiger partial charge in [0.2, 0.25) is 0 Å². The Morgan fingerprint density at radius 1 is 1.11 bits per heavy atom. The van der Waals surface area contributed by atoms with Gasteiger partial charge in [-0.1, -0.05) is 0 Å². The fourth-order valence-electron chi connectivity index (χ4n) is 0.915. The molecule has 2 N–H and O–H groups in total. The maximum atomic E-state index is 11.3. The van der Waals surface area contributed by atoms with Crippen LogP contribution in [0.25, 0.3) is 0 Å². The molecule has 0 aliphatic rings. The number of amides is 1. The van der Waals surface area contributed by atoms with Crippen molar-refractivity contribution in [3.63, 3.8) is 0 Å². The Balaban J connectivity index is 4.84. The van der Waals surface area contributed by atoms with Crippen molar-refractivity contribution in [2.75, 3.05) is 14.2 Å². The number of hydrogen-bond donors (Lipinski definition) is 2. The first-order valence-electron chi connectivity index (χ1n) is 5.19. The molecule has 0 aromatic rings. The molecule has 0 fully saturated rings. The summed E-state index contributed by atoms with van der Waals surface area (Å²) in [4.78, 5) is 26.8. The second kappa shape index (κ2) is 5.87. The van der Waals surface area contributed by atoms with Gasteiger partial charge < -0.3 is 14.3 Å². The molecule has 0 aliphatic heterocycles. The van der Waals surface area contributed by atoms with E-state index in [9.17, 15) is 14.8 Å². The molecule has 0 unspecified atom stereocenters. The Bertz CT molecular complexity index is 315. The first-order chi connectivity index (χ1) is 8.10. The Labute approximate surface area is 106 Å². The minimum absolute atomic E-state index is 0.417. The second-order valence-corrected chi connectivity index (χ2v) is 4.62. The summed E-state index contributed by atoms with van der Waals surface area (Å²) in [5.41, 5.74) is 0.341. The van der Waals surface area contributed by atoms with Crippen LogP contribution in [0.1, 0.15) is 27.7 Å². The number of rotatable bonds is 4. The number of hydrogen-bond acceptors (Lipinski definition) is 7. The number of methoxy groups -OCH3 is 2. The summed E-state index contributed by atoms with van der Waals surface area (Å²) in [6.45, 7) is 6.39. The Hall–Kier alpha value is -1.54. The molecule has 0 rings (SSSR count). The van der Waals surface area contributed by atoms with Gasteiger partial charge in [-0.2, -0.15) is 5.06 Å². The maximum Gasteiger partial charge on any atom is 0.527 e. The lowest BCUT2D eigenvalue weighted by Gasteiger charge is -2.44. The molecule has 0 spiro atoms. The molecule has 0 radical (unpaired) electrons. The van der Waals surface area contributed by atoms with Crippen LogP contribution in [0.2, 0.25) is 0 Å². The van der Waals surface area contributed by atoms with Gasteiger partial charge in [0, 0.05) is 0 Å². The minimum atomic E-state index is -1.12. The number of carbonyl (C=O) groups is 2. The number of hydroxylamine groups is 3. The van der Waals surface area contributed by atoms with E-state index in [1.54, 1.807) is 27.7 Å². The van der Waals surface area contributed by atoms with Crippen LogP contribution in [0.5, 0.6) is 0 Å². The normalized spacial score (nSPS) is 11.7. The van der Waals surface area contributed by atoms with E-state index in [0.717, 1.165) is 14.2 Å². The summed E-state index contributed by atoms with van der Waals surface area (Å²) in [5, 5.41) is 10.2. The smallest absolute Gasteiger partial charge is 0.451 e. The zero-order chi connectivity index (χ0) is 14.6. The van der Waals surface area contributed by atoms with Gasteiger partial charge in [-0.3, -0.25) is 5.21 Å². The first-order valence-corrected chi connectivity index (χ1v) is 5.19. The molecule has 1 amide bonds. The lowest BCUT2D eigenvalue weighted by Crippen LogP contribution is -2.64. The molecule has 0 aliphatic carbocycles.